The van der Waals surface area contributed by atoms with Gasteiger partial charge in [0.15, 0.2) is 0 Å². The van der Waals surface area contributed by atoms with E-state index in [1.54, 1.807) is 0 Å². The van der Waals surface area contributed by atoms with Crippen LogP contribution in [0.5, 0.6) is 0 Å². The minimum absolute atomic E-state index is 0.632. The van der Waals surface area contributed by atoms with Crippen LogP contribution in [-0.2, 0) is 0 Å². The second-order valence-electron chi connectivity index (χ2n) is 16.5. The molecule has 0 bridgehead atoms. The Morgan fingerprint density at radius 3 is 1.68 bits per heavy atom. The van der Waals surface area contributed by atoms with E-state index in [1.807, 2.05) is 0 Å². The molecule has 292 valence electrons. The van der Waals surface area contributed by atoms with E-state index in [2.05, 4.69) is 226 Å². The Hall–Kier alpha value is -8.54. The monoisotopic (exact) mass is 801 g/mol. The maximum Gasteiger partial charge on any atom is 0.235 e. The number of nitrogens with zero attached hydrogens (tertiary/aromatic N) is 5. The SMILES string of the molecule is c1ccc(-n2c3ccccc3c3ccc(-c4nc(-n5c6ccccc6c6c(-n7c8ccccc8c8c9ccccc9ccc87)c7ccccc7cc65)nc5ccccc45)cc32)cc1. The largest absolute Gasteiger partial charge is 0.309 e. The summed E-state index contributed by atoms with van der Waals surface area (Å²) in [6.07, 6.45) is 0. The van der Waals surface area contributed by atoms with E-state index in [0.29, 0.717) is 5.95 Å². The first-order chi connectivity index (χ1) is 31.3. The summed E-state index contributed by atoms with van der Waals surface area (Å²) in [5.41, 5.74) is 11.9. The highest BCUT2D eigenvalue weighted by atomic mass is 15.2. The second kappa shape index (κ2) is 13.0. The van der Waals surface area contributed by atoms with E-state index in [1.165, 1.54) is 54.3 Å². The quantitative estimate of drug-likeness (QED) is 0.178. The second-order valence-corrected chi connectivity index (χ2v) is 16.5. The lowest BCUT2D eigenvalue weighted by atomic mass is 10.0. The van der Waals surface area contributed by atoms with Gasteiger partial charge in [-0.3, -0.25) is 4.57 Å². The Morgan fingerprint density at radius 2 is 0.889 bits per heavy atom. The highest BCUT2D eigenvalue weighted by molar-refractivity contribution is 6.25. The molecule has 5 heteroatoms. The highest BCUT2D eigenvalue weighted by Crippen LogP contribution is 2.45. The summed E-state index contributed by atoms with van der Waals surface area (Å²) in [5, 5.41) is 13.1. The molecule has 0 fully saturated rings. The van der Waals surface area contributed by atoms with Crippen LogP contribution in [0, 0.1) is 0 Å². The molecular weight excluding hydrogens is 767 g/mol. The third-order valence-electron chi connectivity index (χ3n) is 13.2. The fourth-order valence-electron chi connectivity index (χ4n) is 10.6. The van der Waals surface area contributed by atoms with Gasteiger partial charge in [0.05, 0.1) is 50.0 Å². The van der Waals surface area contributed by atoms with Gasteiger partial charge in [-0.1, -0.05) is 158 Å². The Balaban J connectivity index is 1.09. The summed E-state index contributed by atoms with van der Waals surface area (Å²) in [4.78, 5) is 11.0. The molecule has 0 N–H and O–H groups in total. The average molecular weight is 802 g/mol. The van der Waals surface area contributed by atoms with Gasteiger partial charge in [-0.05, 0) is 70.8 Å². The summed E-state index contributed by atoms with van der Waals surface area (Å²) in [6, 6.07) is 76.6. The van der Waals surface area contributed by atoms with Gasteiger partial charge < -0.3 is 9.13 Å². The number of para-hydroxylation sites is 5. The zero-order valence-electron chi connectivity index (χ0n) is 33.9. The molecule has 0 amide bonds. The third kappa shape index (κ3) is 4.82. The van der Waals surface area contributed by atoms with Crippen LogP contribution in [0.15, 0.2) is 212 Å². The van der Waals surface area contributed by atoms with E-state index in [0.717, 1.165) is 66.2 Å². The number of hydrogen-bond acceptors (Lipinski definition) is 2. The van der Waals surface area contributed by atoms with Crippen molar-refractivity contribution in [3.05, 3.63) is 212 Å². The minimum atomic E-state index is 0.632. The molecule has 14 rings (SSSR count). The van der Waals surface area contributed by atoms with Gasteiger partial charge in [0.25, 0.3) is 0 Å². The van der Waals surface area contributed by atoms with Crippen molar-refractivity contribution in [2.45, 2.75) is 0 Å². The number of benzene rings is 10. The molecule has 14 aromatic rings. The van der Waals surface area contributed by atoms with Crippen molar-refractivity contribution in [3.63, 3.8) is 0 Å². The maximum atomic E-state index is 5.62. The molecular formula is C58H35N5. The van der Waals surface area contributed by atoms with Crippen molar-refractivity contribution in [1.82, 2.24) is 23.7 Å². The topological polar surface area (TPSA) is 40.6 Å². The third-order valence-corrected chi connectivity index (χ3v) is 13.2. The van der Waals surface area contributed by atoms with E-state index < -0.39 is 0 Å². The van der Waals surface area contributed by atoms with E-state index >= 15 is 0 Å². The fourth-order valence-corrected chi connectivity index (χ4v) is 10.6. The molecule has 0 saturated carbocycles. The Labute approximate surface area is 360 Å². The zero-order valence-corrected chi connectivity index (χ0v) is 33.9. The Morgan fingerprint density at radius 1 is 0.302 bits per heavy atom. The van der Waals surface area contributed by atoms with Crippen LogP contribution in [0.4, 0.5) is 0 Å². The number of hydrogen-bond donors (Lipinski definition) is 0. The molecule has 0 saturated heterocycles. The molecule has 0 aliphatic carbocycles. The van der Waals surface area contributed by atoms with Gasteiger partial charge >= 0.3 is 0 Å². The molecule has 0 aliphatic rings. The lowest BCUT2D eigenvalue weighted by molar-refractivity contribution is 1.01. The first-order valence-electron chi connectivity index (χ1n) is 21.5. The van der Waals surface area contributed by atoms with Crippen molar-refractivity contribution in [2.24, 2.45) is 0 Å². The van der Waals surface area contributed by atoms with E-state index in [9.17, 15) is 0 Å². The molecule has 10 aromatic carbocycles. The molecule has 0 radical (unpaired) electrons. The lowest BCUT2D eigenvalue weighted by Gasteiger charge is -2.16. The number of fused-ring (bicyclic) bond motifs is 13. The lowest BCUT2D eigenvalue weighted by Crippen LogP contribution is -2.04. The summed E-state index contributed by atoms with van der Waals surface area (Å²) < 4.78 is 7.17. The van der Waals surface area contributed by atoms with Crippen LogP contribution in [0.1, 0.15) is 0 Å². The average Bonchev–Trinajstić information content (AvgIpc) is 3.98. The van der Waals surface area contributed by atoms with Gasteiger partial charge in [0.2, 0.25) is 5.95 Å². The standard InChI is InChI=1S/C58H35N5/c1-2-18-39(19-3-1)61-48-27-13-9-22-42(48)43-32-30-38(35-52(43)61)56-44-23-8-12-26-47(44)59-58(60-56)63-50-29-15-11-25-46(50)55-53(63)34-37-17-5-7-21-41(37)57(55)62-49-28-14-10-24-45(49)54-40-20-6-4-16-36(40)31-33-51(54)62/h1-35H. The normalized spacial score (nSPS) is 12.1. The van der Waals surface area contributed by atoms with Crippen molar-refractivity contribution in [2.75, 3.05) is 0 Å². The van der Waals surface area contributed by atoms with Crippen LogP contribution < -0.4 is 0 Å². The zero-order chi connectivity index (χ0) is 41.2. The van der Waals surface area contributed by atoms with Crippen molar-refractivity contribution in [1.29, 1.82) is 0 Å². The molecule has 4 aromatic heterocycles. The predicted octanol–water partition coefficient (Wildman–Crippen LogP) is 14.9. The summed E-state index contributed by atoms with van der Waals surface area (Å²) >= 11 is 0. The van der Waals surface area contributed by atoms with Crippen LogP contribution in [-0.4, -0.2) is 23.7 Å². The smallest absolute Gasteiger partial charge is 0.235 e. The summed E-state index contributed by atoms with van der Waals surface area (Å²) in [6.45, 7) is 0. The van der Waals surface area contributed by atoms with Crippen LogP contribution in [0.3, 0.4) is 0 Å². The molecule has 0 unspecified atom stereocenters. The van der Waals surface area contributed by atoms with Crippen LogP contribution in [0.25, 0.3) is 126 Å². The van der Waals surface area contributed by atoms with Gasteiger partial charge in [0.1, 0.15) is 0 Å². The first kappa shape index (κ1) is 34.2. The molecule has 0 atom stereocenters. The molecule has 4 heterocycles. The number of aromatic nitrogens is 5. The van der Waals surface area contributed by atoms with Gasteiger partial charge in [-0.2, -0.15) is 0 Å². The Kier molecular flexibility index (Phi) is 7.05. The molecule has 63 heavy (non-hydrogen) atoms. The number of rotatable bonds is 4. The van der Waals surface area contributed by atoms with E-state index in [4.69, 9.17) is 9.97 Å². The van der Waals surface area contributed by atoms with Crippen molar-refractivity contribution in [3.8, 4) is 28.6 Å². The maximum absolute atomic E-state index is 5.62. The molecule has 0 spiro atoms. The van der Waals surface area contributed by atoms with Gasteiger partial charge in [-0.25, -0.2) is 9.97 Å². The van der Waals surface area contributed by atoms with Crippen LogP contribution >= 0.6 is 0 Å². The summed E-state index contributed by atoms with van der Waals surface area (Å²) in [7, 11) is 0. The molecule has 0 aliphatic heterocycles. The first-order valence-corrected chi connectivity index (χ1v) is 21.5. The summed E-state index contributed by atoms with van der Waals surface area (Å²) in [5.74, 6) is 0.632. The van der Waals surface area contributed by atoms with Crippen LogP contribution in [0.2, 0.25) is 0 Å². The fraction of sp³-hybridized carbons (Fsp3) is 0. The molecule has 5 nitrogen and oxygen atoms in total. The van der Waals surface area contributed by atoms with E-state index in [-0.39, 0.29) is 0 Å². The Bertz CT molecular complexity index is 4210. The van der Waals surface area contributed by atoms with Crippen molar-refractivity contribution < 1.29 is 0 Å². The highest BCUT2D eigenvalue weighted by Gasteiger charge is 2.25. The van der Waals surface area contributed by atoms with Gasteiger partial charge in [-0.15, -0.1) is 0 Å². The van der Waals surface area contributed by atoms with Gasteiger partial charge in [0, 0.05) is 54.3 Å². The minimum Gasteiger partial charge on any atom is -0.309 e. The predicted molar refractivity (Wildman–Crippen MR) is 263 cm³/mol. The van der Waals surface area contributed by atoms with Crippen molar-refractivity contribution >= 4 is 97.9 Å².